The van der Waals surface area contributed by atoms with E-state index in [1.54, 1.807) is 7.11 Å². The summed E-state index contributed by atoms with van der Waals surface area (Å²) in [7, 11) is 1.55. The molecule has 3 atom stereocenters. The van der Waals surface area contributed by atoms with Gasteiger partial charge in [0.25, 0.3) is 0 Å². The lowest BCUT2D eigenvalue weighted by atomic mass is 9.84. The van der Waals surface area contributed by atoms with Crippen LogP contribution in [-0.2, 0) is 20.7 Å². The summed E-state index contributed by atoms with van der Waals surface area (Å²) in [6, 6.07) is 10.4. The van der Waals surface area contributed by atoms with Gasteiger partial charge in [-0.25, -0.2) is 0 Å². The van der Waals surface area contributed by atoms with Crippen molar-refractivity contribution in [3.05, 3.63) is 35.9 Å². The molecular weight excluding hydrogens is 280 g/mol. The van der Waals surface area contributed by atoms with Crippen LogP contribution < -0.4 is 0 Å². The molecular formula is C18H26O4. The fraction of sp³-hybridized carbons (Fsp3) is 0.611. The number of carbonyl (C=O) groups is 1. The second-order valence-corrected chi connectivity index (χ2v) is 6.04. The molecule has 0 radical (unpaired) electrons. The fourth-order valence-corrected chi connectivity index (χ4v) is 3.09. The van der Waals surface area contributed by atoms with Crippen LogP contribution in [0.5, 0.6) is 0 Å². The number of ketones is 1. The molecule has 1 N–H and O–H groups in total. The van der Waals surface area contributed by atoms with Crippen molar-refractivity contribution in [2.75, 3.05) is 13.9 Å². The number of Topliss-reactive ketones (excluding diaryl/α,β-unsaturated/α-hetero) is 1. The number of hydrogen-bond donors (Lipinski definition) is 1. The highest BCUT2D eigenvalue weighted by molar-refractivity contribution is 5.83. The molecule has 122 valence electrons. The molecule has 22 heavy (non-hydrogen) atoms. The Balaban J connectivity index is 1.93. The molecule has 1 saturated carbocycles. The molecule has 3 unspecified atom stereocenters. The van der Waals surface area contributed by atoms with Gasteiger partial charge in [0.05, 0.1) is 6.10 Å². The summed E-state index contributed by atoms with van der Waals surface area (Å²) < 4.78 is 10.5. The predicted octanol–water partition coefficient (Wildman–Crippen LogP) is 2.73. The van der Waals surface area contributed by atoms with Crippen molar-refractivity contribution in [3.8, 4) is 0 Å². The maximum atomic E-state index is 11.9. The fourth-order valence-electron chi connectivity index (χ4n) is 3.09. The quantitative estimate of drug-likeness (QED) is 0.821. The molecule has 0 saturated heterocycles. The number of carbonyl (C=O) groups excluding carboxylic acids is 1. The van der Waals surface area contributed by atoms with E-state index in [1.165, 1.54) is 5.56 Å². The number of aryl methyl sites for hydroxylation is 1. The number of aliphatic hydroxyl groups is 1. The van der Waals surface area contributed by atoms with Gasteiger partial charge < -0.3 is 14.6 Å². The van der Waals surface area contributed by atoms with Crippen molar-refractivity contribution in [1.82, 2.24) is 0 Å². The third-order valence-electron chi connectivity index (χ3n) is 4.37. The minimum absolute atomic E-state index is 0.109. The molecule has 1 aromatic rings. The molecule has 0 bridgehead atoms. The van der Waals surface area contributed by atoms with Crippen LogP contribution in [0, 0.1) is 5.92 Å². The lowest BCUT2D eigenvalue weighted by Gasteiger charge is -2.29. The van der Waals surface area contributed by atoms with Crippen LogP contribution in [0.2, 0.25) is 0 Å². The molecule has 2 rings (SSSR count). The van der Waals surface area contributed by atoms with E-state index in [2.05, 4.69) is 24.3 Å². The Bertz CT molecular complexity index is 446. The maximum absolute atomic E-state index is 11.9. The number of ether oxygens (including phenoxy) is 2. The summed E-state index contributed by atoms with van der Waals surface area (Å²) in [5.74, 6) is 0.354. The second-order valence-electron chi connectivity index (χ2n) is 6.04. The van der Waals surface area contributed by atoms with Crippen molar-refractivity contribution < 1.29 is 19.4 Å². The number of rotatable bonds is 6. The van der Waals surface area contributed by atoms with Crippen LogP contribution in [0.4, 0.5) is 0 Å². The van der Waals surface area contributed by atoms with Gasteiger partial charge in [0.15, 0.2) is 5.78 Å². The Labute approximate surface area is 132 Å². The number of hydrogen-bond acceptors (Lipinski definition) is 4. The van der Waals surface area contributed by atoms with Crippen LogP contribution in [0.25, 0.3) is 0 Å². The van der Waals surface area contributed by atoms with Crippen molar-refractivity contribution in [1.29, 1.82) is 0 Å². The molecule has 4 nitrogen and oxygen atoms in total. The third-order valence-corrected chi connectivity index (χ3v) is 4.37. The molecule has 4 heteroatoms. The van der Waals surface area contributed by atoms with Gasteiger partial charge >= 0.3 is 0 Å². The lowest BCUT2D eigenvalue weighted by Crippen LogP contribution is -2.39. The van der Waals surface area contributed by atoms with Crippen molar-refractivity contribution in [2.45, 2.75) is 50.7 Å². The van der Waals surface area contributed by atoms with E-state index >= 15 is 0 Å². The Kier molecular flexibility index (Phi) is 7.03. The zero-order valence-electron chi connectivity index (χ0n) is 13.2. The third kappa shape index (κ3) is 5.20. The number of aliphatic hydroxyl groups excluding tert-OH is 1. The van der Waals surface area contributed by atoms with Crippen molar-refractivity contribution in [3.63, 3.8) is 0 Å². The molecule has 0 heterocycles. The average molecular weight is 306 g/mol. The van der Waals surface area contributed by atoms with Crippen LogP contribution in [-0.4, -0.2) is 37.0 Å². The first-order valence-electron chi connectivity index (χ1n) is 8.06. The van der Waals surface area contributed by atoms with Gasteiger partial charge in [-0.1, -0.05) is 30.3 Å². The highest BCUT2D eigenvalue weighted by atomic mass is 16.7. The topological polar surface area (TPSA) is 55.8 Å². The molecule has 1 fully saturated rings. The predicted molar refractivity (Wildman–Crippen MR) is 84.5 cm³/mol. The van der Waals surface area contributed by atoms with E-state index in [-0.39, 0.29) is 12.6 Å². The average Bonchev–Trinajstić information content (AvgIpc) is 2.54. The summed E-state index contributed by atoms with van der Waals surface area (Å²) in [4.78, 5) is 11.9. The zero-order valence-corrected chi connectivity index (χ0v) is 13.2. The molecule has 0 spiro atoms. The van der Waals surface area contributed by atoms with Crippen LogP contribution in [0.1, 0.15) is 37.7 Å². The lowest BCUT2D eigenvalue weighted by molar-refractivity contribution is -0.150. The first-order valence-corrected chi connectivity index (χ1v) is 8.06. The van der Waals surface area contributed by atoms with E-state index in [9.17, 15) is 9.90 Å². The molecule has 0 aromatic heterocycles. The van der Waals surface area contributed by atoms with E-state index in [0.29, 0.717) is 18.8 Å². The summed E-state index contributed by atoms with van der Waals surface area (Å²) >= 11 is 0. The van der Waals surface area contributed by atoms with Gasteiger partial charge in [-0.3, -0.25) is 4.79 Å². The van der Waals surface area contributed by atoms with E-state index in [4.69, 9.17) is 9.47 Å². The minimum atomic E-state index is -1.02. The van der Waals surface area contributed by atoms with Gasteiger partial charge in [0.1, 0.15) is 12.9 Å². The van der Waals surface area contributed by atoms with E-state index < -0.39 is 12.2 Å². The molecule has 0 aliphatic heterocycles. The Morgan fingerprint density at radius 3 is 2.77 bits per heavy atom. The first kappa shape index (κ1) is 17.1. The molecule has 1 aliphatic carbocycles. The maximum Gasteiger partial charge on any atom is 0.163 e. The normalized spacial score (nSPS) is 26.5. The van der Waals surface area contributed by atoms with Crippen LogP contribution in [0.15, 0.2) is 30.3 Å². The number of benzene rings is 1. The standard InChI is InChI=1S/C18H26O4/c1-21-13-22-17-12-15(8-5-9-16(19)18(17)20)11-10-14-6-3-2-4-7-14/h2-4,6-7,15,17-18,20H,5,8-13H2,1H3. The largest absolute Gasteiger partial charge is 0.383 e. The van der Waals surface area contributed by atoms with E-state index in [0.717, 1.165) is 25.7 Å². The van der Waals surface area contributed by atoms with Gasteiger partial charge in [-0.05, 0) is 43.6 Å². The Morgan fingerprint density at radius 1 is 1.27 bits per heavy atom. The Morgan fingerprint density at radius 2 is 2.05 bits per heavy atom. The van der Waals surface area contributed by atoms with Crippen LogP contribution in [0.3, 0.4) is 0 Å². The van der Waals surface area contributed by atoms with Gasteiger partial charge in [0, 0.05) is 13.5 Å². The smallest absolute Gasteiger partial charge is 0.163 e. The highest BCUT2D eigenvalue weighted by Crippen LogP contribution is 2.27. The SMILES string of the molecule is COCOC1CC(CCc2ccccc2)CCCC(=O)C1O. The van der Waals surface area contributed by atoms with Crippen molar-refractivity contribution >= 4 is 5.78 Å². The molecule has 0 amide bonds. The van der Waals surface area contributed by atoms with E-state index in [1.807, 2.05) is 6.07 Å². The summed E-state index contributed by atoms with van der Waals surface area (Å²) in [6.45, 7) is 0.112. The van der Waals surface area contributed by atoms with Crippen molar-refractivity contribution in [2.24, 2.45) is 5.92 Å². The Hall–Kier alpha value is -1.23. The zero-order chi connectivity index (χ0) is 15.8. The summed E-state index contributed by atoms with van der Waals surface area (Å²) in [5.41, 5.74) is 1.33. The molecule has 1 aliphatic rings. The van der Waals surface area contributed by atoms with Gasteiger partial charge in [-0.15, -0.1) is 0 Å². The highest BCUT2D eigenvalue weighted by Gasteiger charge is 2.31. The second kappa shape index (κ2) is 9.03. The monoisotopic (exact) mass is 306 g/mol. The van der Waals surface area contributed by atoms with Gasteiger partial charge in [-0.2, -0.15) is 0 Å². The minimum Gasteiger partial charge on any atom is -0.383 e. The summed E-state index contributed by atoms with van der Waals surface area (Å²) in [5, 5.41) is 10.1. The summed E-state index contributed by atoms with van der Waals surface area (Å²) in [6.07, 6.45) is 3.62. The molecule has 1 aromatic carbocycles. The first-order chi connectivity index (χ1) is 10.7. The van der Waals surface area contributed by atoms with Crippen LogP contribution >= 0.6 is 0 Å². The van der Waals surface area contributed by atoms with Gasteiger partial charge in [0.2, 0.25) is 0 Å². The number of methoxy groups -OCH3 is 1.